The Hall–Kier alpha value is -1.77. The van der Waals surface area contributed by atoms with Crippen molar-refractivity contribution in [2.45, 2.75) is 225 Å². The summed E-state index contributed by atoms with van der Waals surface area (Å²) >= 11 is 0. The van der Waals surface area contributed by atoms with Crippen LogP contribution in [0.25, 0.3) is 0 Å². The second-order valence-corrected chi connectivity index (χ2v) is 17.1. The standard InChI is InChI=1S/C47H88NO8P/c1-3-5-7-9-11-13-15-17-19-20-21-22-23-24-26-27-29-31-33-35-37-39-46(49)53-43-45(44-55-57(51,52)54-42-41-48)56-47(50)40-38-36-34-32-30-28-25-18-16-14-12-10-8-6-4-2/h12,14,18,20-21,25,45H,3-11,13,15-17,19,22-24,26-44,48H2,1-2H3,(H,51,52)/b14-12-,21-20-,25-18-. The summed E-state index contributed by atoms with van der Waals surface area (Å²) in [6.07, 6.45) is 48.9. The predicted molar refractivity (Wildman–Crippen MR) is 238 cm³/mol. The maximum Gasteiger partial charge on any atom is 0.472 e. The maximum atomic E-state index is 12.6. The Balaban J connectivity index is 4.09. The van der Waals surface area contributed by atoms with Crippen molar-refractivity contribution < 1.29 is 37.6 Å². The molecule has 0 amide bonds. The zero-order chi connectivity index (χ0) is 41.8. The van der Waals surface area contributed by atoms with Gasteiger partial charge in [0.25, 0.3) is 0 Å². The SMILES string of the molecule is CCCCC/C=C\C/C=C\CCCCCCCC(=O)OC(COC(=O)CCCCCCCCCCC/C=C\CCCCCCCCCC)COP(=O)(O)OCCN. The van der Waals surface area contributed by atoms with Gasteiger partial charge < -0.3 is 20.1 Å². The summed E-state index contributed by atoms with van der Waals surface area (Å²) in [5, 5.41) is 0. The van der Waals surface area contributed by atoms with Crippen LogP contribution in [0, 0.1) is 0 Å². The lowest BCUT2D eigenvalue weighted by Gasteiger charge is -2.19. The number of unbranched alkanes of at least 4 members (excludes halogenated alkanes) is 25. The Morgan fingerprint density at radius 3 is 1.39 bits per heavy atom. The van der Waals surface area contributed by atoms with Crippen LogP contribution >= 0.6 is 7.82 Å². The Morgan fingerprint density at radius 1 is 0.526 bits per heavy atom. The van der Waals surface area contributed by atoms with Crippen LogP contribution in [-0.4, -0.2) is 49.3 Å². The Kier molecular flexibility index (Phi) is 42.4. The average molecular weight is 826 g/mol. The van der Waals surface area contributed by atoms with Crippen molar-refractivity contribution in [3.63, 3.8) is 0 Å². The molecule has 0 bridgehead atoms. The summed E-state index contributed by atoms with van der Waals surface area (Å²) in [6.45, 7) is 3.70. The molecule has 57 heavy (non-hydrogen) atoms. The van der Waals surface area contributed by atoms with Gasteiger partial charge in [0.05, 0.1) is 13.2 Å². The number of allylic oxidation sites excluding steroid dienone is 6. The van der Waals surface area contributed by atoms with Crippen molar-refractivity contribution in [2.24, 2.45) is 5.73 Å². The van der Waals surface area contributed by atoms with Gasteiger partial charge in [-0.05, 0) is 70.6 Å². The van der Waals surface area contributed by atoms with Crippen LogP contribution in [0.15, 0.2) is 36.5 Å². The minimum atomic E-state index is -4.38. The van der Waals surface area contributed by atoms with Crippen LogP contribution < -0.4 is 5.73 Å². The first-order valence-electron chi connectivity index (χ1n) is 23.5. The number of nitrogens with two attached hydrogens (primary N) is 1. The van der Waals surface area contributed by atoms with Crippen LogP contribution in [0.4, 0.5) is 0 Å². The molecule has 0 rings (SSSR count). The molecule has 0 spiro atoms. The lowest BCUT2D eigenvalue weighted by molar-refractivity contribution is -0.161. The predicted octanol–water partition coefficient (Wildman–Crippen LogP) is 13.7. The summed E-state index contributed by atoms with van der Waals surface area (Å²) in [5.41, 5.74) is 5.35. The van der Waals surface area contributed by atoms with E-state index in [-0.39, 0.29) is 38.6 Å². The van der Waals surface area contributed by atoms with Crippen molar-refractivity contribution in [3.8, 4) is 0 Å². The molecular weight excluding hydrogens is 737 g/mol. The van der Waals surface area contributed by atoms with Crippen molar-refractivity contribution in [3.05, 3.63) is 36.5 Å². The van der Waals surface area contributed by atoms with E-state index < -0.39 is 26.5 Å². The topological polar surface area (TPSA) is 134 Å². The van der Waals surface area contributed by atoms with E-state index in [1.165, 1.54) is 128 Å². The normalized spacial score (nSPS) is 13.5. The van der Waals surface area contributed by atoms with Gasteiger partial charge in [0, 0.05) is 19.4 Å². The fourth-order valence-electron chi connectivity index (χ4n) is 6.48. The summed E-state index contributed by atoms with van der Waals surface area (Å²) in [7, 11) is -4.38. The number of rotatable bonds is 44. The van der Waals surface area contributed by atoms with Crippen LogP contribution in [0.2, 0.25) is 0 Å². The van der Waals surface area contributed by atoms with Gasteiger partial charge in [-0.3, -0.25) is 18.6 Å². The molecule has 0 aromatic carbocycles. The Morgan fingerprint density at radius 2 is 0.912 bits per heavy atom. The fourth-order valence-corrected chi connectivity index (χ4v) is 7.25. The molecule has 2 atom stereocenters. The van der Waals surface area contributed by atoms with E-state index in [1.54, 1.807) is 0 Å². The highest BCUT2D eigenvalue weighted by Gasteiger charge is 2.26. The molecule has 0 heterocycles. The van der Waals surface area contributed by atoms with Crippen LogP contribution in [-0.2, 0) is 32.7 Å². The van der Waals surface area contributed by atoms with E-state index in [1.807, 2.05) is 0 Å². The van der Waals surface area contributed by atoms with E-state index in [0.717, 1.165) is 57.8 Å². The zero-order valence-corrected chi connectivity index (χ0v) is 37.7. The average Bonchev–Trinajstić information content (AvgIpc) is 3.20. The number of carbonyl (C=O) groups excluding carboxylic acids is 2. The third kappa shape index (κ3) is 43.6. The van der Waals surface area contributed by atoms with E-state index >= 15 is 0 Å². The lowest BCUT2D eigenvalue weighted by Crippen LogP contribution is -2.29. The molecule has 0 aromatic heterocycles. The molecular formula is C47H88NO8P. The summed E-state index contributed by atoms with van der Waals surface area (Å²) in [4.78, 5) is 34.9. The molecule has 0 saturated carbocycles. The number of hydrogen-bond donors (Lipinski definition) is 2. The third-order valence-electron chi connectivity index (χ3n) is 10.00. The summed E-state index contributed by atoms with van der Waals surface area (Å²) in [5.74, 6) is -0.842. The van der Waals surface area contributed by atoms with Gasteiger partial charge >= 0.3 is 19.8 Å². The van der Waals surface area contributed by atoms with Gasteiger partial charge in [0.1, 0.15) is 6.61 Å². The second kappa shape index (κ2) is 43.8. The van der Waals surface area contributed by atoms with E-state index in [0.29, 0.717) is 6.42 Å². The summed E-state index contributed by atoms with van der Waals surface area (Å²) < 4.78 is 32.8. The van der Waals surface area contributed by atoms with Crippen molar-refractivity contribution in [1.82, 2.24) is 0 Å². The Labute approximate surface area is 350 Å². The van der Waals surface area contributed by atoms with E-state index in [4.69, 9.17) is 24.3 Å². The van der Waals surface area contributed by atoms with E-state index in [9.17, 15) is 19.0 Å². The van der Waals surface area contributed by atoms with Crippen LogP contribution in [0.5, 0.6) is 0 Å². The number of hydrogen-bond acceptors (Lipinski definition) is 8. The van der Waals surface area contributed by atoms with Crippen molar-refractivity contribution >= 4 is 19.8 Å². The van der Waals surface area contributed by atoms with Crippen molar-refractivity contribution in [2.75, 3.05) is 26.4 Å². The Bertz CT molecular complexity index is 1030. The molecule has 0 saturated heterocycles. The molecule has 9 nitrogen and oxygen atoms in total. The molecule has 0 fully saturated rings. The first kappa shape index (κ1) is 55.2. The lowest BCUT2D eigenvalue weighted by atomic mass is 10.1. The van der Waals surface area contributed by atoms with Gasteiger partial charge in [-0.15, -0.1) is 0 Å². The van der Waals surface area contributed by atoms with Gasteiger partial charge in [-0.25, -0.2) is 4.57 Å². The van der Waals surface area contributed by atoms with E-state index in [2.05, 4.69) is 50.3 Å². The largest absolute Gasteiger partial charge is 0.472 e. The zero-order valence-electron chi connectivity index (χ0n) is 36.8. The quantitative estimate of drug-likeness (QED) is 0.0266. The molecule has 0 aromatic rings. The molecule has 0 aliphatic carbocycles. The smallest absolute Gasteiger partial charge is 0.462 e. The molecule has 0 aliphatic heterocycles. The molecule has 334 valence electrons. The van der Waals surface area contributed by atoms with Gasteiger partial charge in [0.2, 0.25) is 0 Å². The molecule has 2 unspecified atom stereocenters. The fraction of sp³-hybridized carbons (Fsp3) is 0.830. The van der Waals surface area contributed by atoms with Gasteiger partial charge in [0.15, 0.2) is 6.10 Å². The highest BCUT2D eigenvalue weighted by Crippen LogP contribution is 2.43. The highest BCUT2D eigenvalue weighted by atomic mass is 31.2. The highest BCUT2D eigenvalue weighted by molar-refractivity contribution is 7.47. The molecule has 10 heteroatoms. The van der Waals surface area contributed by atoms with Crippen LogP contribution in [0.1, 0.15) is 219 Å². The number of phosphoric ester groups is 1. The minimum Gasteiger partial charge on any atom is -0.462 e. The number of ether oxygens (including phenoxy) is 2. The third-order valence-corrected chi connectivity index (χ3v) is 11.0. The minimum absolute atomic E-state index is 0.0506. The number of carbonyl (C=O) groups is 2. The number of esters is 2. The maximum absolute atomic E-state index is 12.6. The summed E-state index contributed by atoms with van der Waals surface area (Å²) in [6, 6.07) is 0. The molecule has 0 radical (unpaired) electrons. The number of phosphoric acid groups is 1. The van der Waals surface area contributed by atoms with Gasteiger partial charge in [-0.1, -0.05) is 172 Å². The second-order valence-electron chi connectivity index (χ2n) is 15.6. The monoisotopic (exact) mass is 826 g/mol. The van der Waals surface area contributed by atoms with Crippen LogP contribution in [0.3, 0.4) is 0 Å². The molecule has 0 aliphatic rings. The first-order chi connectivity index (χ1) is 27.8. The van der Waals surface area contributed by atoms with Gasteiger partial charge in [-0.2, -0.15) is 0 Å². The van der Waals surface area contributed by atoms with Crippen molar-refractivity contribution in [1.29, 1.82) is 0 Å². The molecule has 3 N–H and O–H groups in total. The first-order valence-corrected chi connectivity index (χ1v) is 25.0.